The van der Waals surface area contributed by atoms with Gasteiger partial charge in [0.2, 0.25) is 12.4 Å². The van der Waals surface area contributed by atoms with Crippen LogP contribution < -0.4 is 9.47 Å². The van der Waals surface area contributed by atoms with Crippen molar-refractivity contribution in [2.24, 2.45) is 0 Å². The molecule has 0 aliphatic carbocycles. The molecular weight excluding hydrogens is 1060 g/mol. The number of hydrogen-bond acceptors (Lipinski definition) is 18. The van der Waals surface area contributed by atoms with Gasteiger partial charge >= 0.3 is 35.8 Å². The lowest BCUT2D eigenvalue weighted by molar-refractivity contribution is -0.351. The van der Waals surface area contributed by atoms with E-state index in [-0.39, 0.29) is 45.7 Å². The van der Waals surface area contributed by atoms with Crippen molar-refractivity contribution >= 4 is 35.8 Å². The molecule has 420 valence electrons. The predicted octanol–water partition coefficient (Wildman–Crippen LogP) is 9.10. The van der Waals surface area contributed by atoms with Gasteiger partial charge in [-0.05, 0) is 97.1 Å². The zero-order chi connectivity index (χ0) is 57.2. The minimum absolute atomic E-state index is 0.0551. The Kier molecular flexibility index (Phi) is 19.6. The maximum Gasteiger partial charge on any atom is 0.338 e. The zero-order valence-electron chi connectivity index (χ0n) is 44.2. The van der Waals surface area contributed by atoms with Crippen LogP contribution in [0.15, 0.2) is 219 Å². The summed E-state index contributed by atoms with van der Waals surface area (Å²) in [4.78, 5) is 85.5. The second kappa shape index (κ2) is 28.1. The highest BCUT2D eigenvalue weighted by atomic mass is 16.8. The van der Waals surface area contributed by atoms with Crippen molar-refractivity contribution in [3.8, 4) is 11.5 Å². The van der Waals surface area contributed by atoms with Crippen molar-refractivity contribution in [2.45, 2.75) is 61.4 Å². The van der Waals surface area contributed by atoms with E-state index in [0.717, 1.165) is 0 Å². The topological polar surface area (TPSA) is 213 Å². The molecule has 2 aliphatic rings. The molecular formula is C64H56O18. The summed E-state index contributed by atoms with van der Waals surface area (Å²) in [6.45, 7) is 2.36. The molecule has 0 unspecified atom stereocenters. The Morgan fingerprint density at radius 3 is 1.09 bits per heavy atom. The maximum absolute atomic E-state index is 14.7. The van der Waals surface area contributed by atoms with Crippen LogP contribution in [-0.4, -0.2) is 124 Å². The molecule has 2 aliphatic heterocycles. The average molecular weight is 1110 g/mol. The average Bonchev–Trinajstić information content (AvgIpc) is 3.70. The van der Waals surface area contributed by atoms with E-state index in [1.807, 2.05) is 0 Å². The number of esters is 6. The number of carbonyl (C=O) groups is 6. The van der Waals surface area contributed by atoms with Crippen LogP contribution in [0.1, 0.15) is 62.1 Å². The lowest BCUT2D eigenvalue weighted by atomic mass is 9.95. The quantitative estimate of drug-likeness (QED) is 0.0351. The normalized spacial score (nSPS) is 22.0. The van der Waals surface area contributed by atoms with E-state index in [2.05, 4.69) is 6.58 Å². The Morgan fingerprint density at radius 1 is 0.390 bits per heavy atom. The van der Waals surface area contributed by atoms with Crippen LogP contribution in [0.5, 0.6) is 11.5 Å². The SMILES string of the molecule is C=CCO[C@@H]1[C@H](OC(=O)c2ccccc2)[C@@H](OC(=O)c2ccccc2)[C@@H](O[C@H]2[C@H](OC(=O)c3ccccc3)[C@@H](OC(=O)c3ccccc3)[C@H](Oc3ccc(OC)cc3)O[C@@H]2COC(=O)c2ccccc2)O[C@@H]1COC(=O)c1ccccc1. The van der Waals surface area contributed by atoms with Crippen molar-refractivity contribution in [1.82, 2.24) is 0 Å². The zero-order valence-corrected chi connectivity index (χ0v) is 44.2. The molecule has 2 saturated heterocycles. The monoisotopic (exact) mass is 1110 g/mol. The molecule has 9 rings (SSSR count). The molecule has 7 aromatic rings. The van der Waals surface area contributed by atoms with Gasteiger partial charge in [0, 0.05) is 0 Å². The summed E-state index contributed by atoms with van der Waals surface area (Å²) in [6.07, 6.45) is -15.5. The van der Waals surface area contributed by atoms with Gasteiger partial charge in [-0.15, -0.1) is 6.58 Å². The van der Waals surface area contributed by atoms with E-state index < -0.39 is 110 Å². The fraction of sp³-hybridized carbons (Fsp3) is 0.219. The number of carbonyl (C=O) groups excluding carboxylic acids is 6. The van der Waals surface area contributed by atoms with Gasteiger partial charge < -0.3 is 56.8 Å². The third kappa shape index (κ3) is 14.7. The van der Waals surface area contributed by atoms with Gasteiger partial charge in [0.15, 0.2) is 24.6 Å². The van der Waals surface area contributed by atoms with Gasteiger partial charge in [0.05, 0.1) is 47.1 Å². The number of benzene rings is 7. The fourth-order valence-corrected chi connectivity index (χ4v) is 8.93. The molecule has 2 fully saturated rings. The molecule has 0 N–H and O–H groups in total. The van der Waals surface area contributed by atoms with Gasteiger partial charge in [0.1, 0.15) is 49.1 Å². The molecule has 2 heterocycles. The summed E-state index contributed by atoms with van der Waals surface area (Å²) in [5.41, 5.74) is 0.640. The number of ether oxygens (including phenoxy) is 12. The first kappa shape index (κ1) is 57.2. The lowest BCUT2D eigenvalue weighted by Crippen LogP contribution is -2.67. The number of rotatable bonds is 22. The molecule has 0 saturated carbocycles. The molecule has 7 aromatic carbocycles. The highest BCUT2D eigenvalue weighted by Crippen LogP contribution is 2.37. The Balaban J connectivity index is 1.20. The summed E-state index contributed by atoms with van der Waals surface area (Å²) in [6, 6.07) is 54.2. The van der Waals surface area contributed by atoms with Crippen molar-refractivity contribution < 1.29 is 85.6 Å². The van der Waals surface area contributed by atoms with Crippen LogP contribution in [0.25, 0.3) is 0 Å². The largest absolute Gasteiger partial charge is 0.497 e. The Bertz CT molecular complexity index is 3220. The van der Waals surface area contributed by atoms with E-state index in [1.54, 1.807) is 146 Å². The third-order valence-corrected chi connectivity index (χ3v) is 13.0. The van der Waals surface area contributed by atoms with Gasteiger partial charge in [-0.1, -0.05) is 115 Å². The first-order chi connectivity index (χ1) is 40.1. The summed E-state index contributed by atoms with van der Waals surface area (Å²) < 4.78 is 76.1. The summed E-state index contributed by atoms with van der Waals surface area (Å²) in [7, 11) is 1.49. The lowest BCUT2D eigenvalue weighted by Gasteiger charge is -2.49. The number of hydrogen-bond donors (Lipinski definition) is 0. The second-order valence-electron chi connectivity index (χ2n) is 18.4. The van der Waals surface area contributed by atoms with Crippen LogP contribution in [0.3, 0.4) is 0 Å². The van der Waals surface area contributed by atoms with E-state index in [1.165, 1.54) is 73.8 Å². The van der Waals surface area contributed by atoms with E-state index in [4.69, 9.17) is 56.8 Å². The molecule has 18 nitrogen and oxygen atoms in total. The highest BCUT2D eigenvalue weighted by Gasteiger charge is 2.58. The number of methoxy groups -OCH3 is 1. The maximum atomic E-state index is 14.7. The van der Waals surface area contributed by atoms with Crippen LogP contribution in [-0.2, 0) is 47.4 Å². The van der Waals surface area contributed by atoms with Crippen molar-refractivity contribution in [3.05, 3.63) is 252 Å². The van der Waals surface area contributed by atoms with Crippen molar-refractivity contribution in [2.75, 3.05) is 26.9 Å². The van der Waals surface area contributed by atoms with E-state index >= 15 is 0 Å². The van der Waals surface area contributed by atoms with Crippen LogP contribution in [0.4, 0.5) is 0 Å². The van der Waals surface area contributed by atoms with Crippen LogP contribution in [0.2, 0.25) is 0 Å². The summed E-state index contributed by atoms with van der Waals surface area (Å²) in [5.74, 6) is -4.61. The molecule has 18 heteroatoms. The first-order valence-electron chi connectivity index (χ1n) is 26.0. The molecule has 0 aromatic heterocycles. The Hall–Kier alpha value is -9.46. The van der Waals surface area contributed by atoms with Gasteiger partial charge in [0.25, 0.3) is 0 Å². The molecule has 0 radical (unpaired) electrons. The predicted molar refractivity (Wildman–Crippen MR) is 292 cm³/mol. The van der Waals surface area contributed by atoms with Crippen LogP contribution >= 0.6 is 0 Å². The highest BCUT2D eigenvalue weighted by molar-refractivity contribution is 5.92. The van der Waals surface area contributed by atoms with E-state index in [9.17, 15) is 28.8 Å². The van der Waals surface area contributed by atoms with Gasteiger partial charge in [-0.2, -0.15) is 0 Å². The molecule has 0 bridgehead atoms. The second-order valence-corrected chi connectivity index (χ2v) is 18.4. The summed E-state index contributed by atoms with van der Waals surface area (Å²) >= 11 is 0. The van der Waals surface area contributed by atoms with Gasteiger partial charge in [-0.25, -0.2) is 28.8 Å². The Morgan fingerprint density at radius 2 is 0.707 bits per heavy atom. The van der Waals surface area contributed by atoms with Crippen molar-refractivity contribution in [1.29, 1.82) is 0 Å². The van der Waals surface area contributed by atoms with Crippen LogP contribution in [0, 0.1) is 0 Å². The standard InChI is InChI=1S/C64H56O18/c1-3-38-72-51-49(39-73-57(65)41-22-10-4-11-23-41)76-64(55(80-61(69)45-30-18-8-19-31-45)53(51)78-59(67)43-26-14-6-15-27-43)82-52-50(40-74-58(66)42-24-12-5-13-25-42)77-63(75-48-36-34-47(71-2)35-37-48)56(81-62(70)46-32-20-9-21-33-46)54(52)79-60(68)44-28-16-7-17-29-44/h3-37,49-56,63-64H,1,38-40H2,2H3/t49-,50-,51+,52-,53+,54+,55-,56-,63-,64-/m1/s1. The minimum Gasteiger partial charge on any atom is -0.497 e. The van der Waals surface area contributed by atoms with E-state index in [0.29, 0.717) is 5.75 Å². The Labute approximate surface area is 471 Å². The first-order valence-corrected chi connectivity index (χ1v) is 26.0. The molecule has 10 atom stereocenters. The smallest absolute Gasteiger partial charge is 0.338 e. The van der Waals surface area contributed by atoms with Gasteiger partial charge in [-0.3, -0.25) is 0 Å². The molecule has 0 amide bonds. The minimum atomic E-state index is -1.95. The fourth-order valence-electron chi connectivity index (χ4n) is 8.93. The van der Waals surface area contributed by atoms with Crippen molar-refractivity contribution in [3.63, 3.8) is 0 Å². The third-order valence-electron chi connectivity index (χ3n) is 13.0. The molecule has 82 heavy (non-hydrogen) atoms. The summed E-state index contributed by atoms with van der Waals surface area (Å²) in [5, 5.41) is 0. The molecule has 0 spiro atoms.